The van der Waals surface area contributed by atoms with Gasteiger partial charge in [0.15, 0.2) is 0 Å². The van der Waals surface area contributed by atoms with Gasteiger partial charge in [-0.2, -0.15) is 11.8 Å². The van der Waals surface area contributed by atoms with Crippen molar-refractivity contribution in [2.24, 2.45) is 5.92 Å². The third kappa shape index (κ3) is 9.23. The average molecular weight is 480 g/mol. The van der Waals surface area contributed by atoms with Crippen LogP contribution >= 0.6 is 11.8 Å². The van der Waals surface area contributed by atoms with E-state index in [0.717, 1.165) is 11.3 Å². The van der Waals surface area contributed by atoms with Crippen molar-refractivity contribution in [3.05, 3.63) is 39.9 Å². The summed E-state index contributed by atoms with van der Waals surface area (Å²) in [5.74, 6) is 1.74. The maximum atomic E-state index is 13.2. The SMILES string of the molecule is CC(C)(C)OC(=O)N[C@@H](CSCC1CCCCC1)C(=O)NC(C)(C)c1ccc([N+](=O)[O-])cc1. The van der Waals surface area contributed by atoms with E-state index in [-0.39, 0.29) is 11.6 Å². The Balaban J connectivity index is 2.05. The quantitative estimate of drug-likeness (QED) is 0.374. The molecular weight excluding hydrogens is 442 g/mol. The molecule has 33 heavy (non-hydrogen) atoms. The van der Waals surface area contributed by atoms with Crippen LogP contribution in [0.3, 0.4) is 0 Å². The van der Waals surface area contributed by atoms with E-state index in [2.05, 4.69) is 10.6 Å². The van der Waals surface area contributed by atoms with E-state index in [9.17, 15) is 19.7 Å². The predicted octanol–water partition coefficient (Wildman–Crippen LogP) is 5.15. The van der Waals surface area contributed by atoms with E-state index in [1.807, 2.05) is 13.8 Å². The Morgan fingerprint density at radius 3 is 2.27 bits per heavy atom. The summed E-state index contributed by atoms with van der Waals surface area (Å²) in [6.07, 6.45) is 5.62. The molecule has 2 N–H and O–H groups in total. The molecular formula is C24H37N3O5S. The highest BCUT2D eigenvalue weighted by Gasteiger charge is 2.30. The maximum absolute atomic E-state index is 13.2. The summed E-state index contributed by atoms with van der Waals surface area (Å²) in [7, 11) is 0. The lowest BCUT2D eigenvalue weighted by Gasteiger charge is -2.30. The summed E-state index contributed by atoms with van der Waals surface area (Å²) < 4.78 is 5.36. The van der Waals surface area contributed by atoms with E-state index in [1.165, 1.54) is 44.2 Å². The molecule has 0 heterocycles. The zero-order chi connectivity index (χ0) is 24.6. The Morgan fingerprint density at radius 1 is 1.12 bits per heavy atom. The molecule has 1 saturated carbocycles. The highest BCUT2D eigenvalue weighted by molar-refractivity contribution is 7.99. The molecule has 1 aromatic carbocycles. The number of non-ortho nitro benzene ring substituents is 1. The van der Waals surface area contributed by atoms with E-state index < -0.39 is 28.2 Å². The normalized spacial score (nSPS) is 16.0. The van der Waals surface area contributed by atoms with Gasteiger partial charge in [0, 0.05) is 17.9 Å². The van der Waals surface area contributed by atoms with Gasteiger partial charge in [-0.25, -0.2) is 4.79 Å². The van der Waals surface area contributed by atoms with Gasteiger partial charge in [0.2, 0.25) is 5.91 Å². The zero-order valence-corrected chi connectivity index (χ0v) is 21.1. The number of hydrogen-bond donors (Lipinski definition) is 2. The number of thioether (sulfide) groups is 1. The summed E-state index contributed by atoms with van der Waals surface area (Å²) in [5.41, 5.74) is -0.733. The number of hydrogen-bond acceptors (Lipinski definition) is 6. The molecule has 184 valence electrons. The first-order valence-corrected chi connectivity index (χ1v) is 12.7. The molecule has 9 heteroatoms. The van der Waals surface area contributed by atoms with Crippen LogP contribution in [0.25, 0.3) is 0 Å². The molecule has 0 saturated heterocycles. The number of carbonyl (C=O) groups excluding carboxylic acids is 2. The van der Waals surface area contributed by atoms with Crippen LogP contribution < -0.4 is 10.6 Å². The molecule has 2 rings (SSSR count). The molecule has 0 bridgehead atoms. The number of carbonyl (C=O) groups is 2. The summed E-state index contributed by atoms with van der Waals surface area (Å²) in [5, 5.41) is 16.6. The lowest BCUT2D eigenvalue weighted by Crippen LogP contribution is -2.53. The second kappa shape index (κ2) is 11.7. The van der Waals surface area contributed by atoms with Gasteiger partial charge in [0.1, 0.15) is 11.6 Å². The number of nitro groups is 1. The van der Waals surface area contributed by atoms with Crippen LogP contribution in [0.5, 0.6) is 0 Å². The minimum atomic E-state index is -0.784. The highest BCUT2D eigenvalue weighted by Crippen LogP contribution is 2.27. The van der Waals surface area contributed by atoms with E-state index in [4.69, 9.17) is 4.74 Å². The average Bonchev–Trinajstić information content (AvgIpc) is 2.72. The predicted molar refractivity (Wildman–Crippen MR) is 131 cm³/mol. The van der Waals surface area contributed by atoms with Gasteiger partial charge in [-0.3, -0.25) is 14.9 Å². The smallest absolute Gasteiger partial charge is 0.408 e. The van der Waals surface area contributed by atoms with Crippen molar-refractivity contribution in [1.82, 2.24) is 10.6 Å². The first kappa shape index (κ1) is 27.0. The first-order valence-electron chi connectivity index (χ1n) is 11.5. The van der Waals surface area contributed by atoms with E-state index >= 15 is 0 Å². The lowest BCUT2D eigenvalue weighted by molar-refractivity contribution is -0.384. The van der Waals surface area contributed by atoms with Crippen LogP contribution in [0.15, 0.2) is 24.3 Å². The van der Waals surface area contributed by atoms with Crippen LogP contribution in [0, 0.1) is 16.0 Å². The maximum Gasteiger partial charge on any atom is 0.408 e. The number of ether oxygens (including phenoxy) is 1. The topological polar surface area (TPSA) is 111 Å². The highest BCUT2D eigenvalue weighted by atomic mass is 32.2. The van der Waals surface area contributed by atoms with Crippen LogP contribution in [0.1, 0.15) is 72.3 Å². The number of nitrogens with one attached hydrogen (secondary N) is 2. The standard InChI is InChI=1S/C24H37N3O5S/c1-23(2,3)32-22(29)25-20(16-33-15-17-9-7-6-8-10-17)21(28)26-24(4,5)18-11-13-19(14-12-18)27(30)31/h11-14,17,20H,6-10,15-16H2,1-5H3,(H,25,29)(H,26,28)/t20-/m0/s1. The number of amides is 2. The number of alkyl carbamates (subject to hydrolysis) is 1. The zero-order valence-electron chi connectivity index (χ0n) is 20.3. The van der Waals surface area contributed by atoms with Crippen molar-refractivity contribution in [1.29, 1.82) is 0 Å². The fourth-order valence-corrected chi connectivity index (χ4v) is 5.08. The van der Waals surface area contributed by atoms with E-state index in [0.29, 0.717) is 11.7 Å². The molecule has 1 fully saturated rings. The number of benzene rings is 1. The van der Waals surface area contributed by atoms with Gasteiger partial charge in [-0.1, -0.05) is 19.3 Å². The van der Waals surface area contributed by atoms with E-state index in [1.54, 1.807) is 44.7 Å². The molecule has 0 aromatic heterocycles. The molecule has 2 amide bonds. The minimum absolute atomic E-state index is 0.00976. The summed E-state index contributed by atoms with van der Waals surface area (Å²) >= 11 is 1.68. The molecule has 1 atom stereocenters. The van der Waals surface area contributed by atoms with Crippen molar-refractivity contribution in [3.63, 3.8) is 0 Å². The van der Waals surface area contributed by atoms with Crippen molar-refractivity contribution in [3.8, 4) is 0 Å². The Bertz CT molecular complexity index is 814. The molecule has 1 aliphatic carbocycles. The van der Waals surface area contributed by atoms with Crippen molar-refractivity contribution in [2.45, 2.75) is 83.9 Å². The van der Waals surface area contributed by atoms with Gasteiger partial charge >= 0.3 is 6.09 Å². The fourth-order valence-electron chi connectivity index (χ4n) is 3.81. The third-order valence-corrected chi connectivity index (χ3v) is 6.88. The van der Waals surface area contributed by atoms with Gasteiger partial charge in [0.05, 0.1) is 10.5 Å². The fraction of sp³-hybridized carbons (Fsp3) is 0.667. The second-order valence-electron chi connectivity index (χ2n) is 10.2. The Morgan fingerprint density at radius 2 is 1.73 bits per heavy atom. The molecule has 0 spiro atoms. The van der Waals surface area contributed by atoms with Crippen molar-refractivity contribution in [2.75, 3.05) is 11.5 Å². The summed E-state index contributed by atoms with van der Waals surface area (Å²) in [6.45, 7) is 8.98. The Labute approximate surface area is 200 Å². The second-order valence-corrected chi connectivity index (χ2v) is 11.2. The van der Waals surface area contributed by atoms with Gasteiger partial charge in [-0.15, -0.1) is 0 Å². The van der Waals surface area contributed by atoms with Crippen molar-refractivity contribution >= 4 is 29.4 Å². The lowest BCUT2D eigenvalue weighted by atomic mass is 9.91. The number of rotatable bonds is 9. The monoisotopic (exact) mass is 479 g/mol. The molecule has 1 aliphatic rings. The van der Waals surface area contributed by atoms with Gasteiger partial charge < -0.3 is 15.4 Å². The van der Waals surface area contributed by atoms with Crippen LogP contribution in [-0.4, -0.2) is 40.1 Å². The molecule has 0 radical (unpaired) electrons. The van der Waals surface area contributed by atoms with Crippen LogP contribution in [0.4, 0.5) is 10.5 Å². The third-order valence-electron chi connectivity index (χ3n) is 5.61. The van der Waals surface area contributed by atoms with Crippen LogP contribution in [-0.2, 0) is 15.1 Å². The largest absolute Gasteiger partial charge is 0.444 e. The summed E-state index contributed by atoms with van der Waals surface area (Å²) in [4.78, 5) is 36.0. The molecule has 8 nitrogen and oxygen atoms in total. The number of nitrogens with zero attached hydrogens (tertiary/aromatic N) is 1. The number of nitro benzene ring substituents is 1. The first-order chi connectivity index (χ1) is 15.4. The molecule has 0 unspecified atom stereocenters. The Kier molecular flexibility index (Phi) is 9.57. The molecule has 0 aliphatic heterocycles. The Hall–Kier alpha value is -2.29. The van der Waals surface area contributed by atoms with Gasteiger partial charge in [0.25, 0.3) is 5.69 Å². The van der Waals surface area contributed by atoms with Crippen molar-refractivity contribution < 1.29 is 19.2 Å². The minimum Gasteiger partial charge on any atom is -0.444 e. The van der Waals surface area contributed by atoms with Gasteiger partial charge in [-0.05, 0) is 76.8 Å². The van der Waals surface area contributed by atoms with Crippen LogP contribution in [0.2, 0.25) is 0 Å². The molecule has 1 aromatic rings. The summed E-state index contributed by atoms with van der Waals surface area (Å²) in [6, 6.07) is 5.34.